The number of nitriles is 1. The monoisotopic (exact) mass is 274 g/mol. The zero-order valence-electron chi connectivity index (χ0n) is 10.9. The molecule has 1 amide bonds. The average Bonchev–Trinajstić information content (AvgIpc) is 2.44. The maximum atomic E-state index is 11.7. The van der Waals surface area contributed by atoms with Crippen LogP contribution in [0.4, 0.5) is 0 Å². The molecule has 0 radical (unpaired) electrons. The van der Waals surface area contributed by atoms with Gasteiger partial charge in [-0.25, -0.2) is 0 Å². The molecule has 6 nitrogen and oxygen atoms in total. The second-order valence-corrected chi connectivity index (χ2v) is 3.75. The predicted octanol–water partition coefficient (Wildman–Crippen LogP) is 0.978. The molecule has 0 unspecified atom stereocenters. The van der Waals surface area contributed by atoms with Gasteiger partial charge in [-0.05, 0) is 30.7 Å². The van der Waals surface area contributed by atoms with Crippen molar-refractivity contribution in [1.29, 1.82) is 5.26 Å². The van der Waals surface area contributed by atoms with Crippen molar-refractivity contribution >= 4 is 18.0 Å². The lowest BCUT2D eigenvalue weighted by Crippen LogP contribution is -2.31. The molecule has 0 heterocycles. The summed E-state index contributed by atoms with van der Waals surface area (Å²) in [5.74, 6) is -1.14. The summed E-state index contributed by atoms with van der Waals surface area (Å²) in [7, 11) is 0. The van der Waals surface area contributed by atoms with Crippen LogP contribution in [0.3, 0.4) is 0 Å². The number of aromatic hydroxyl groups is 1. The van der Waals surface area contributed by atoms with Crippen LogP contribution in [0.1, 0.15) is 12.5 Å². The van der Waals surface area contributed by atoms with Crippen LogP contribution in [0.5, 0.6) is 5.75 Å². The van der Waals surface area contributed by atoms with Gasteiger partial charge in [0, 0.05) is 0 Å². The normalized spacial score (nSPS) is 10.5. The summed E-state index contributed by atoms with van der Waals surface area (Å²) in [6, 6.07) is 7.76. The molecule has 0 aromatic heterocycles. The Morgan fingerprint density at radius 2 is 2.05 bits per heavy atom. The van der Waals surface area contributed by atoms with Gasteiger partial charge in [-0.1, -0.05) is 12.1 Å². The largest absolute Gasteiger partial charge is 0.508 e. The number of carbonyl (C=O) groups excluding carboxylic acids is 2. The van der Waals surface area contributed by atoms with Gasteiger partial charge in [-0.3, -0.25) is 9.59 Å². The molecule has 0 saturated carbocycles. The number of benzene rings is 1. The molecule has 1 aromatic carbocycles. The van der Waals surface area contributed by atoms with Gasteiger partial charge in [-0.2, -0.15) is 5.26 Å². The summed E-state index contributed by atoms with van der Waals surface area (Å²) in [6.07, 6.45) is 1.36. The van der Waals surface area contributed by atoms with Crippen LogP contribution in [-0.2, 0) is 14.3 Å². The van der Waals surface area contributed by atoms with Crippen molar-refractivity contribution in [3.63, 3.8) is 0 Å². The molecule has 0 atom stereocenters. The zero-order valence-corrected chi connectivity index (χ0v) is 10.9. The minimum Gasteiger partial charge on any atom is -0.508 e. The van der Waals surface area contributed by atoms with Gasteiger partial charge in [0.2, 0.25) is 0 Å². The summed E-state index contributed by atoms with van der Waals surface area (Å²) < 4.78 is 4.65. The van der Waals surface area contributed by atoms with Gasteiger partial charge in [0.1, 0.15) is 23.9 Å². The first-order valence-corrected chi connectivity index (χ1v) is 5.91. The van der Waals surface area contributed by atoms with Gasteiger partial charge in [0.25, 0.3) is 5.91 Å². The van der Waals surface area contributed by atoms with E-state index in [2.05, 4.69) is 10.1 Å². The Labute approximate surface area is 116 Å². The molecule has 0 spiro atoms. The lowest BCUT2D eigenvalue weighted by Gasteiger charge is -2.04. The van der Waals surface area contributed by atoms with E-state index in [0.29, 0.717) is 5.56 Å². The number of carbonyl (C=O) groups is 2. The third-order valence-electron chi connectivity index (χ3n) is 2.27. The molecule has 0 aliphatic rings. The summed E-state index contributed by atoms with van der Waals surface area (Å²) in [4.78, 5) is 22.8. The number of amides is 1. The highest BCUT2D eigenvalue weighted by Gasteiger charge is 2.11. The summed E-state index contributed by atoms with van der Waals surface area (Å²) >= 11 is 0. The van der Waals surface area contributed by atoms with Gasteiger partial charge in [0.15, 0.2) is 0 Å². The Hall–Kier alpha value is -2.81. The van der Waals surface area contributed by atoms with E-state index >= 15 is 0 Å². The molecule has 0 aliphatic heterocycles. The predicted molar refractivity (Wildman–Crippen MR) is 71.3 cm³/mol. The Morgan fingerprint density at radius 3 is 2.60 bits per heavy atom. The van der Waals surface area contributed by atoms with Gasteiger partial charge in [0.05, 0.1) is 6.61 Å². The smallest absolute Gasteiger partial charge is 0.325 e. The van der Waals surface area contributed by atoms with E-state index in [1.807, 2.05) is 0 Å². The lowest BCUT2D eigenvalue weighted by molar-refractivity contribution is -0.143. The maximum absolute atomic E-state index is 11.7. The van der Waals surface area contributed by atoms with Crippen LogP contribution in [-0.4, -0.2) is 30.1 Å². The van der Waals surface area contributed by atoms with E-state index in [0.717, 1.165) is 0 Å². The van der Waals surface area contributed by atoms with Crippen LogP contribution in [0.2, 0.25) is 0 Å². The van der Waals surface area contributed by atoms with Gasteiger partial charge < -0.3 is 15.2 Å². The first kappa shape index (κ1) is 15.2. The fourth-order valence-corrected chi connectivity index (χ4v) is 1.35. The summed E-state index contributed by atoms with van der Waals surface area (Å²) in [6.45, 7) is 1.59. The van der Waals surface area contributed by atoms with Crippen LogP contribution >= 0.6 is 0 Å². The van der Waals surface area contributed by atoms with Crippen molar-refractivity contribution in [1.82, 2.24) is 5.32 Å². The first-order valence-electron chi connectivity index (χ1n) is 5.91. The molecule has 0 bridgehead atoms. The van der Waals surface area contributed by atoms with Crippen molar-refractivity contribution in [3.05, 3.63) is 35.4 Å². The Balaban J connectivity index is 2.70. The highest BCUT2D eigenvalue weighted by molar-refractivity contribution is 6.02. The Bertz CT molecular complexity index is 556. The van der Waals surface area contributed by atoms with Gasteiger partial charge >= 0.3 is 5.97 Å². The SMILES string of the molecule is CCOC(=O)CNC(=O)/C(C#N)=C/c1ccc(O)cc1. The number of esters is 1. The third kappa shape index (κ3) is 4.82. The molecular formula is C14H14N2O4. The van der Waals surface area contributed by atoms with E-state index in [1.54, 1.807) is 25.1 Å². The Kier molecular flexibility index (Phi) is 5.78. The molecular weight excluding hydrogens is 260 g/mol. The average molecular weight is 274 g/mol. The minimum absolute atomic E-state index is 0.0902. The van der Waals surface area contributed by atoms with Crippen LogP contribution < -0.4 is 5.32 Å². The van der Waals surface area contributed by atoms with Crippen molar-refractivity contribution in [2.45, 2.75) is 6.92 Å². The molecule has 2 N–H and O–H groups in total. The molecule has 0 fully saturated rings. The fraction of sp³-hybridized carbons (Fsp3) is 0.214. The highest BCUT2D eigenvalue weighted by atomic mass is 16.5. The molecule has 0 saturated heterocycles. The number of phenolic OH excluding ortho intramolecular Hbond substituents is 1. The fourth-order valence-electron chi connectivity index (χ4n) is 1.35. The minimum atomic E-state index is -0.659. The second-order valence-electron chi connectivity index (χ2n) is 3.75. The van der Waals surface area contributed by atoms with Crippen molar-refractivity contribution in [2.75, 3.05) is 13.2 Å². The number of hydrogen-bond acceptors (Lipinski definition) is 5. The standard InChI is InChI=1S/C14H14N2O4/c1-2-20-13(18)9-16-14(19)11(8-15)7-10-3-5-12(17)6-4-10/h3-7,17H,2,9H2,1H3,(H,16,19)/b11-7+. The van der Waals surface area contributed by atoms with Crippen molar-refractivity contribution < 1.29 is 19.4 Å². The molecule has 20 heavy (non-hydrogen) atoms. The Morgan fingerprint density at radius 1 is 1.40 bits per heavy atom. The number of phenols is 1. The molecule has 1 rings (SSSR count). The number of ether oxygens (including phenoxy) is 1. The second kappa shape index (κ2) is 7.59. The number of nitrogens with one attached hydrogen (secondary N) is 1. The lowest BCUT2D eigenvalue weighted by atomic mass is 10.1. The van der Waals surface area contributed by atoms with Crippen LogP contribution in [0.15, 0.2) is 29.8 Å². The topological polar surface area (TPSA) is 99.4 Å². The van der Waals surface area contributed by atoms with E-state index in [9.17, 15) is 9.59 Å². The summed E-state index contributed by atoms with van der Waals surface area (Å²) in [5, 5.41) is 20.4. The molecule has 0 aliphatic carbocycles. The van der Waals surface area contributed by atoms with Gasteiger partial charge in [-0.15, -0.1) is 0 Å². The van der Waals surface area contributed by atoms with Crippen molar-refractivity contribution in [2.24, 2.45) is 0 Å². The van der Waals surface area contributed by atoms with E-state index in [1.165, 1.54) is 18.2 Å². The molecule has 104 valence electrons. The van der Waals surface area contributed by atoms with Crippen LogP contribution in [0.25, 0.3) is 6.08 Å². The maximum Gasteiger partial charge on any atom is 0.325 e. The number of nitrogens with zero attached hydrogens (tertiary/aromatic N) is 1. The number of hydrogen-bond donors (Lipinski definition) is 2. The molecule has 6 heteroatoms. The van der Waals surface area contributed by atoms with E-state index in [-0.39, 0.29) is 24.5 Å². The highest BCUT2D eigenvalue weighted by Crippen LogP contribution is 2.12. The number of rotatable bonds is 5. The zero-order chi connectivity index (χ0) is 15.0. The van der Waals surface area contributed by atoms with Crippen molar-refractivity contribution in [3.8, 4) is 11.8 Å². The molecule has 1 aromatic rings. The quantitative estimate of drug-likeness (QED) is 0.473. The van der Waals surface area contributed by atoms with Crippen LogP contribution in [0, 0.1) is 11.3 Å². The first-order chi connectivity index (χ1) is 9.56. The third-order valence-corrected chi connectivity index (χ3v) is 2.27. The van der Waals surface area contributed by atoms with E-state index < -0.39 is 11.9 Å². The summed E-state index contributed by atoms with van der Waals surface area (Å²) in [5.41, 5.74) is 0.450. The van der Waals surface area contributed by atoms with E-state index in [4.69, 9.17) is 10.4 Å².